The standard InChI is InChI=1S/C28H26O5/c1-29-28(20-30-22-12-16-26(17-13-22)32-24-8-4-2-5-9-24)21-31-23-14-18-27(19-15-23)33-25-10-6-3-7-11-25/h2-19,28H,20-21H2,1H3. The van der Waals surface area contributed by atoms with Crippen molar-refractivity contribution in [2.45, 2.75) is 6.10 Å². The Morgan fingerprint density at radius 2 is 0.788 bits per heavy atom. The Bertz CT molecular complexity index is 992. The van der Waals surface area contributed by atoms with Crippen LogP contribution in [0.5, 0.6) is 34.5 Å². The fraction of sp³-hybridized carbons (Fsp3) is 0.143. The van der Waals surface area contributed by atoms with Crippen LogP contribution in [-0.2, 0) is 4.74 Å². The molecule has 0 bridgehead atoms. The van der Waals surface area contributed by atoms with Crippen LogP contribution in [0, 0.1) is 0 Å². The van der Waals surface area contributed by atoms with Crippen molar-refractivity contribution < 1.29 is 23.7 Å². The molecule has 4 rings (SSSR count). The Balaban J connectivity index is 1.22. The Kier molecular flexibility index (Phi) is 7.82. The van der Waals surface area contributed by atoms with E-state index in [-0.39, 0.29) is 6.10 Å². The van der Waals surface area contributed by atoms with Gasteiger partial charge in [0.2, 0.25) is 0 Å². The molecule has 0 amide bonds. The van der Waals surface area contributed by atoms with E-state index in [2.05, 4.69) is 0 Å². The van der Waals surface area contributed by atoms with Gasteiger partial charge in [-0.25, -0.2) is 0 Å². The fourth-order valence-corrected chi connectivity index (χ4v) is 3.02. The molecule has 0 spiro atoms. The van der Waals surface area contributed by atoms with E-state index >= 15 is 0 Å². The Morgan fingerprint density at radius 3 is 1.15 bits per heavy atom. The average Bonchev–Trinajstić information content (AvgIpc) is 2.87. The molecule has 0 aliphatic rings. The lowest BCUT2D eigenvalue weighted by molar-refractivity contribution is 0.0237. The van der Waals surface area contributed by atoms with Crippen LogP contribution in [0.4, 0.5) is 0 Å². The lowest BCUT2D eigenvalue weighted by Crippen LogP contribution is -2.27. The molecule has 0 aliphatic carbocycles. The third-order valence-electron chi connectivity index (χ3n) is 4.81. The van der Waals surface area contributed by atoms with E-state index in [4.69, 9.17) is 23.7 Å². The molecule has 0 radical (unpaired) electrons. The topological polar surface area (TPSA) is 46.2 Å². The van der Waals surface area contributed by atoms with Gasteiger partial charge < -0.3 is 23.7 Å². The van der Waals surface area contributed by atoms with Gasteiger partial charge in [-0.1, -0.05) is 36.4 Å². The summed E-state index contributed by atoms with van der Waals surface area (Å²) in [6.07, 6.45) is -0.217. The van der Waals surface area contributed by atoms with Gasteiger partial charge in [-0.2, -0.15) is 0 Å². The zero-order valence-corrected chi connectivity index (χ0v) is 18.4. The van der Waals surface area contributed by atoms with Crippen LogP contribution in [0.2, 0.25) is 0 Å². The summed E-state index contributed by atoms with van der Waals surface area (Å²) in [5, 5.41) is 0. The molecule has 4 aromatic carbocycles. The molecule has 0 aromatic heterocycles. The molecule has 0 atom stereocenters. The zero-order valence-electron chi connectivity index (χ0n) is 18.4. The van der Waals surface area contributed by atoms with Crippen molar-refractivity contribution >= 4 is 0 Å². The van der Waals surface area contributed by atoms with Gasteiger partial charge in [0.25, 0.3) is 0 Å². The third kappa shape index (κ3) is 7.02. The van der Waals surface area contributed by atoms with Crippen LogP contribution in [0.25, 0.3) is 0 Å². The van der Waals surface area contributed by atoms with Gasteiger partial charge in [0.05, 0.1) is 0 Å². The summed E-state index contributed by atoms with van der Waals surface area (Å²) in [6, 6.07) is 34.3. The molecule has 0 aliphatic heterocycles. The maximum atomic E-state index is 5.86. The monoisotopic (exact) mass is 442 g/mol. The van der Waals surface area contributed by atoms with Crippen molar-refractivity contribution in [1.29, 1.82) is 0 Å². The highest BCUT2D eigenvalue weighted by Crippen LogP contribution is 2.25. The van der Waals surface area contributed by atoms with E-state index in [9.17, 15) is 0 Å². The minimum atomic E-state index is -0.217. The molecule has 0 N–H and O–H groups in total. The molecular formula is C28H26O5. The number of ether oxygens (including phenoxy) is 5. The largest absolute Gasteiger partial charge is 0.491 e. The molecule has 5 heteroatoms. The highest BCUT2D eigenvalue weighted by atomic mass is 16.6. The fourth-order valence-electron chi connectivity index (χ4n) is 3.02. The van der Waals surface area contributed by atoms with Crippen molar-refractivity contribution in [2.24, 2.45) is 0 Å². The molecule has 168 valence electrons. The quantitative estimate of drug-likeness (QED) is 0.257. The molecule has 5 nitrogen and oxygen atoms in total. The smallest absolute Gasteiger partial charge is 0.127 e. The first-order valence-corrected chi connectivity index (χ1v) is 10.7. The van der Waals surface area contributed by atoms with Crippen LogP contribution >= 0.6 is 0 Å². The Morgan fingerprint density at radius 1 is 0.455 bits per heavy atom. The predicted molar refractivity (Wildman–Crippen MR) is 128 cm³/mol. The number of hydrogen-bond acceptors (Lipinski definition) is 5. The van der Waals surface area contributed by atoms with Gasteiger partial charge in [0.15, 0.2) is 0 Å². The highest BCUT2D eigenvalue weighted by molar-refractivity contribution is 5.36. The number of methoxy groups -OCH3 is 1. The van der Waals surface area contributed by atoms with Crippen LogP contribution in [0.15, 0.2) is 109 Å². The van der Waals surface area contributed by atoms with Gasteiger partial charge in [0.1, 0.15) is 53.8 Å². The number of hydrogen-bond donors (Lipinski definition) is 0. The van der Waals surface area contributed by atoms with Gasteiger partial charge in [-0.05, 0) is 72.8 Å². The maximum absolute atomic E-state index is 5.86. The molecule has 0 unspecified atom stereocenters. The Labute approximate surface area is 194 Å². The summed E-state index contributed by atoms with van der Waals surface area (Å²) < 4.78 is 28.8. The van der Waals surface area contributed by atoms with Crippen molar-refractivity contribution in [3.8, 4) is 34.5 Å². The second-order valence-corrected chi connectivity index (χ2v) is 7.25. The summed E-state index contributed by atoms with van der Waals surface area (Å²) in [5.74, 6) is 4.56. The first-order chi connectivity index (χ1) is 16.3. The highest BCUT2D eigenvalue weighted by Gasteiger charge is 2.10. The molecular weight excluding hydrogens is 416 g/mol. The van der Waals surface area contributed by atoms with Crippen molar-refractivity contribution in [1.82, 2.24) is 0 Å². The summed E-state index contributed by atoms with van der Waals surface area (Å²) in [4.78, 5) is 0. The first kappa shape index (κ1) is 22.2. The van der Waals surface area contributed by atoms with Crippen molar-refractivity contribution in [3.63, 3.8) is 0 Å². The van der Waals surface area contributed by atoms with Gasteiger partial charge >= 0.3 is 0 Å². The summed E-state index contributed by atoms with van der Waals surface area (Å²) in [5.41, 5.74) is 0. The van der Waals surface area contributed by atoms with E-state index in [0.717, 1.165) is 34.5 Å². The normalized spacial score (nSPS) is 10.6. The second-order valence-electron chi connectivity index (χ2n) is 7.25. The van der Waals surface area contributed by atoms with E-state index in [1.54, 1.807) is 7.11 Å². The number of benzene rings is 4. The van der Waals surface area contributed by atoms with E-state index in [0.29, 0.717) is 13.2 Å². The lowest BCUT2D eigenvalue weighted by atomic mass is 10.3. The molecule has 0 saturated heterocycles. The molecule has 33 heavy (non-hydrogen) atoms. The van der Waals surface area contributed by atoms with Gasteiger partial charge in [0, 0.05) is 7.11 Å². The van der Waals surface area contributed by atoms with Crippen LogP contribution in [0.1, 0.15) is 0 Å². The predicted octanol–water partition coefficient (Wildman–Crippen LogP) is 6.74. The van der Waals surface area contributed by atoms with E-state index < -0.39 is 0 Å². The average molecular weight is 443 g/mol. The summed E-state index contributed by atoms with van der Waals surface area (Å²) in [6.45, 7) is 0.731. The van der Waals surface area contributed by atoms with Gasteiger partial charge in [-0.15, -0.1) is 0 Å². The molecule has 0 fully saturated rings. The van der Waals surface area contributed by atoms with Gasteiger partial charge in [-0.3, -0.25) is 0 Å². The SMILES string of the molecule is COC(COc1ccc(Oc2ccccc2)cc1)COc1ccc(Oc2ccccc2)cc1. The minimum absolute atomic E-state index is 0.217. The van der Waals surface area contributed by atoms with Crippen LogP contribution in [-0.4, -0.2) is 26.4 Å². The van der Waals surface area contributed by atoms with E-state index in [1.165, 1.54) is 0 Å². The lowest BCUT2D eigenvalue weighted by Gasteiger charge is -2.17. The minimum Gasteiger partial charge on any atom is -0.491 e. The molecule has 0 saturated carbocycles. The number of para-hydroxylation sites is 2. The number of rotatable bonds is 11. The second kappa shape index (κ2) is 11.6. The van der Waals surface area contributed by atoms with Crippen LogP contribution in [0.3, 0.4) is 0 Å². The van der Waals surface area contributed by atoms with Crippen LogP contribution < -0.4 is 18.9 Å². The van der Waals surface area contributed by atoms with Crippen molar-refractivity contribution in [3.05, 3.63) is 109 Å². The molecule has 0 heterocycles. The third-order valence-corrected chi connectivity index (χ3v) is 4.81. The zero-order chi connectivity index (χ0) is 22.7. The van der Waals surface area contributed by atoms with Crippen molar-refractivity contribution in [2.75, 3.05) is 20.3 Å². The van der Waals surface area contributed by atoms with E-state index in [1.807, 2.05) is 109 Å². The first-order valence-electron chi connectivity index (χ1n) is 10.7. The Hall–Kier alpha value is -3.96. The summed E-state index contributed by atoms with van der Waals surface area (Å²) in [7, 11) is 1.64. The summed E-state index contributed by atoms with van der Waals surface area (Å²) >= 11 is 0. The molecule has 4 aromatic rings. The maximum Gasteiger partial charge on any atom is 0.127 e.